The highest BCUT2D eigenvalue weighted by Gasteiger charge is 2.55. The van der Waals surface area contributed by atoms with E-state index in [2.05, 4.69) is 15.8 Å². The number of nitrogens with one attached hydrogen (secondary N) is 2. The Hall–Kier alpha value is -2.74. The first-order valence-corrected chi connectivity index (χ1v) is 9.49. The van der Waals surface area contributed by atoms with Crippen molar-refractivity contribution in [3.05, 3.63) is 53.2 Å². The van der Waals surface area contributed by atoms with E-state index in [1.807, 2.05) is 0 Å². The third-order valence-electron chi connectivity index (χ3n) is 5.62. The van der Waals surface area contributed by atoms with Gasteiger partial charge in [0.1, 0.15) is 11.4 Å². The van der Waals surface area contributed by atoms with Crippen LogP contribution in [0.2, 0.25) is 0 Å². The lowest BCUT2D eigenvalue weighted by atomic mass is 9.74. The summed E-state index contributed by atoms with van der Waals surface area (Å²) in [6.07, 6.45) is 1.89. The van der Waals surface area contributed by atoms with Crippen molar-refractivity contribution in [2.24, 2.45) is 5.92 Å². The lowest BCUT2D eigenvalue weighted by Crippen LogP contribution is -2.57. The molecule has 3 amide bonds. The average molecular weight is 386 g/mol. The number of imide groups is 1. The van der Waals surface area contributed by atoms with Gasteiger partial charge >= 0.3 is 6.03 Å². The summed E-state index contributed by atoms with van der Waals surface area (Å²) in [4.78, 5) is 27.5. The van der Waals surface area contributed by atoms with E-state index in [4.69, 9.17) is 4.52 Å². The number of aryl methyl sites for hydroxylation is 1. The second kappa shape index (κ2) is 7.35. The van der Waals surface area contributed by atoms with E-state index in [-0.39, 0.29) is 24.2 Å². The lowest BCUT2D eigenvalue weighted by Gasteiger charge is -2.38. The molecule has 2 fully saturated rings. The van der Waals surface area contributed by atoms with E-state index in [9.17, 15) is 14.0 Å². The fourth-order valence-electron chi connectivity index (χ4n) is 4.21. The largest absolute Gasteiger partial charge is 0.359 e. The number of halogens is 1. The molecule has 3 heterocycles. The van der Waals surface area contributed by atoms with Crippen LogP contribution in [0, 0.1) is 18.7 Å². The maximum atomic E-state index is 13.5. The molecule has 8 heteroatoms. The van der Waals surface area contributed by atoms with Crippen molar-refractivity contribution in [3.63, 3.8) is 0 Å². The van der Waals surface area contributed by atoms with E-state index in [1.165, 1.54) is 17.0 Å². The highest BCUT2D eigenvalue weighted by atomic mass is 19.1. The number of benzene rings is 1. The Morgan fingerprint density at radius 2 is 1.96 bits per heavy atom. The van der Waals surface area contributed by atoms with Crippen LogP contribution in [0.5, 0.6) is 0 Å². The van der Waals surface area contributed by atoms with E-state index >= 15 is 0 Å². The van der Waals surface area contributed by atoms with Gasteiger partial charge in [-0.3, -0.25) is 9.69 Å². The van der Waals surface area contributed by atoms with Crippen molar-refractivity contribution >= 4 is 11.9 Å². The second-order valence-corrected chi connectivity index (χ2v) is 7.55. The molecule has 0 saturated carbocycles. The van der Waals surface area contributed by atoms with Crippen LogP contribution in [-0.2, 0) is 17.8 Å². The number of urea groups is 1. The molecule has 0 bridgehead atoms. The Labute approximate surface area is 162 Å². The molecular formula is C20H23FN4O3. The molecule has 2 aliphatic heterocycles. The highest BCUT2D eigenvalue weighted by Crippen LogP contribution is 2.35. The molecule has 28 heavy (non-hydrogen) atoms. The summed E-state index contributed by atoms with van der Waals surface area (Å²) in [5.41, 5.74) is 0.468. The van der Waals surface area contributed by atoms with Crippen molar-refractivity contribution < 1.29 is 18.5 Å². The molecule has 7 nitrogen and oxygen atoms in total. The zero-order valence-electron chi connectivity index (χ0n) is 15.7. The number of carbonyl (C=O) groups excluding carboxylic acids is 2. The lowest BCUT2D eigenvalue weighted by molar-refractivity contribution is -0.134. The zero-order valence-corrected chi connectivity index (χ0v) is 15.7. The third-order valence-corrected chi connectivity index (χ3v) is 5.62. The Kier molecular flexibility index (Phi) is 4.89. The molecule has 0 spiro atoms. The van der Waals surface area contributed by atoms with Crippen molar-refractivity contribution in [1.82, 2.24) is 20.7 Å². The van der Waals surface area contributed by atoms with E-state index in [0.29, 0.717) is 17.9 Å². The number of aromatic nitrogens is 1. The molecule has 148 valence electrons. The molecule has 2 aliphatic rings. The van der Waals surface area contributed by atoms with Crippen LogP contribution < -0.4 is 10.6 Å². The second-order valence-electron chi connectivity index (χ2n) is 7.55. The van der Waals surface area contributed by atoms with Crippen molar-refractivity contribution in [1.29, 1.82) is 0 Å². The number of hydrogen-bond acceptors (Lipinski definition) is 5. The van der Waals surface area contributed by atoms with Crippen LogP contribution in [0.15, 0.2) is 34.9 Å². The first kappa shape index (κ1) is 18.6. The number of rotatable bonds is 5. The Morgan fingerprint density at radius 3 is 2.61 bits per heavy atom. The summed E-state index contributed by atoms with van der Waals surface area (Å²) in [6, 6.07) is 7.37. The molecule has 1 atom stereocenters. The van der Waals surface area contributed by atoms with Crippen LogP contribution in [0.1, 0.15) is 29.9 Å². The quantitative estimate of drug-likeness (QED) is 0.769. The summed E-state index contributed by atoms with van der Waals surface area (Å²) < 4.78 is 18.5. The van der Waals surface area contributed by atoms with Gasteiger partial charge < -0.3 is 15.2 Å². The number of piperidine rings is 1. The fraction of sp³-hybridized carbons (Fsp3) is 0.450. The standard InChI is InChI=1S/C20H23FN4O3/c1-13-10-17(28-24-13)12-25-18(26)20(23-19(25)27,15-6-8-22-9-7-15)11-14-2-4-16(21)5-3-14/h2-5,10,15,22H,6-9,11-12H2,1H3,(H,23,27)/t20-/m1/s1. The van der Waals surface area contributed by atoms with Gasteiger partial charge in [-0.2, -0.15) is 0 Å². The van der Waals surface area contributed by atoms with Gasteiger partial charge in [0.05, 0.1) is 12.2 Å². The summed E-state index contributed by atoms with van der Waals surface area (Å²) in [5.74, 6) is -0.132. The molecule has 0 radical (unpaired) electrons. The summed E-state index contributed by atoms with van der Waals surface area (Å²) in [7, 11) is 0. The smallest absolute Gasteiger partial charge is 0.325 e. The van der Waals surface area contributed by atoms with Crippen LogP contribution in [0.4, 0.5) is 9.18 Å². The van der Waals surface area contributed by atoms with Crippen LogP contribution >= 0.6 is 0 Å². The Balaban J connectivity index is 1.65. The first-order chi connectivity index (χ1) is 13.5. The summed E-state index contributed by atoms with van der Waals surface area (Å²) in [6.45, 7) is 3.41. The minimum atomic E-state index is -1.04. The predicted octanol–water partition coefficient (Wildman–Crippen LogP) is 2.16. The molecular weight excluding hydrogens is 363 g/mol. The van der Waals surface area contributed by atoms with Gasteiger partial charge in [-0.05, 0) is 56.5 Å². The van der Waals surface area contributed by atoms with Gasteiger partial charge in [0.25, 0.3) is 5.91 Å². The topological polar surface area (TPSA) is 87.5 Å². The molecule has 2 aromatic rings. The van der Waals surface area contributed by atoms with Gasteiger partial charge in [0.15, 0.2) is 5.76 Å². The maximum absolute atomic E-state index is 13.5. The van der Waals surface area contributed by atoms with Gasteiger partial charge in [0, 0.05) is 12.5 Å². The summed E-state index contributed by atoms with van der Waals surface area (Å²) >= 11 is 0. The molecule has 0 aliphatic carbocycles. The molecule has 1 aromatic heterocycles. The monoisotopic (exact) mass is 386 g/mol. The minimum Gasteiger partial charge on any atom is -0.359 e. The van der Waals surface area contributed by atoms with Crippen molar-refractivity contribution in [3.8, 4) is 0 Å². The molecule has 4 rings (SSSR count). The number of hydrogen-bond donors (Lipinski definition) is 2. The van der Waals surface area contributed by atoms with E-state index in [0.717, 1.165) is 31.5 Å². The number of carbonyl (C=O) groups is 2. The van der Waals surface area contributed by atoms with Crippen LogP contribution in [0.25, 0.3) is 0 Å². The normalized spacial score (nSPS) is 23.3. The number of amides is 3. The van der Waals surface area contributed by atoms with Gasteiger partial charge in [-0.1, -0.05) is 17.3 Å². The highest BCUT2D eigenvalue weighted by molar-refractivity contribution is 6.07. The molecule has 2 N–H and O–H groups in total. The summed E-state index contributed by atoms with van der Waals surface area (Å²) in [5, 5.41) is 10.1. The van der Waals surface area contributed by atoms with Crippen LogP contribution in [0.3, 0.4) is 0 Å². The SMILES string of the molecule is Cc1cc(CN2C(=O)N[C@](Cc3ccc(F)cc3)(C3CCNCC3)C2=O)on1. The number of nitrogens with zero attached hydrogens (tertiary/aromatic N) is 2. The third kappa shape index (κ3) is 3.40. The fourth-order valence-corrected chi connectivity index (χ4v) is 4.21. The molecule has 1 aromatic carbocycles. The Morgan fingerprint density at radius 1 is 1.25 bits per heavy atom. The van der Waals surface area contributed by atoms with Gasteiger partial charge in [-0.25, -0.2) is 9.18 Å². The predicted molar refractivity (Wildman–Crippen MR) is 98.8 cm³/mol. The average Bonchev–Trinajstić information content (AvgIpc) is 3.21. The van der Waals surface area contributed by atoms with Crippen molar-refractivity contribution in [2.75, 3.05) is 13.1 Å². The molecule has 0 unspecified atom stereocenters. The van der Waals surface area contributed by atoms with E-state index < -0.39 is 11.6 Å². The molecule has 2 saturated heterocycles. The first-order valence-electron chi connectivity index (χ1n) is 9.49. The van der Waals surface area contributed by atoms with Crippen LogP contribution in [-0.4, -0.2) is 40.6 Å². The van der Waals surface area contributed by atoms with E-state index in [1.54, 1.807) is 25.1 Å². The zero-order chi connectivity index (χ0) is 19.7. The van der Waals surface area contributed by atoms with Gasteiger partial charge in [0.2, 0.25) is 0 Å². The maximum Gasteiger partial charge on any atom is 0.325 e. The van der Waals surface area contributed by atoms with Gasteiger partial charge in [-0.15, -0.1) is 0 Å². The van der Waals surface area contributed by atoms with Crippen molar-refractivity contribution in [2.45, 2.75) is 38.3 Å². The minimum absolute atomic E-state index is 0.00304. The Bertz CT molecular complexity index is 876.